The molecule has 3 rings (SSSR count). The van der Waals surface area contributed by atoms with E-state index in [1.165, 1.54) is 37.6 Å². The standard InChI is InChI=1S/C21H25N5O7S2/c1-5-6-7-12-8-34-19-15(24-17(28)14(25-31-4)13-9-35-21(22)23-13)18(29)26(19)16(12)20(30)33-11(3)32-10(2)27/h6-7,9,11,15,19H,5,8H2,1-4H3,(H2,22,23)(H,24,28)/b7-6+,25-14-/t11?,15?,19-/m0/s1. The van der Waals surface area contributed by atoms with Crippen molar-refractivity contribution in [3.05, 3.63) is 34.5 Å². The Morgan fingerprint density at radius 2 is 2.14 bits per heavy atom. The van der Waals surface area contributed by atoms with E-state index in [0.717, 1.165) is 17.8 Å². The number of nitrogen functional groups attached to an aromatic ring is 1. The second kappa shape index (κ2) is 11.4. The zero-order valence-corrected chi connectivity index (χ0v) is 21.1. The van der Waals surface area contributed by atoms with E-state index in [1.807, 2.05) is 13.0 Å². The van der Waals surface area contributed by atoms with E-state index in [2.05, 4.69) is 15.5 Å². The molecule has 2 aliphatic heterocycles. The van der Waals surface area contributed by atoms with Crippen molar-refractivity contribution >= 4 is 57.7 Å². The zero-order valence-electron chi connectivity index (χ0n) is 19.5. The minimum absolute atomic E-state index is 0.0472. The lowest BCUT2D eigenvalue weighted by Gasteiger charge is -2.49. The van der Waals surface area contributed by atoms with Crippen LogP contribution in [0.1, 0.15) is 32.9 Å². The lowest BCUT2D eigenvalue weighted by Crippen LogP contribution is -2.71. The van der Waals surface area contributed by atoms with Crippen molar-refractivity contribution in [2.75, 3.05) is 18.6 Å². The van der Waals surface area contributed by atoms with Gasteiger partial charge in [-0.2, -0.15) is 0 Å². The van der Waals surface area contributed by atoms with Gasteiger partial charge in [-0.25, -0.2) is 9.78 Å². The van der Waals surface area contributed by atoms with E-state index in [0.29, 0.717) is 11.3 Å². The third kappa shape index (κ3) is 5.82. The number of nitrogens with two attached hydrogens (primary N) is 1. The number of allylic oxidation sites excluding steroid dienone is 2. The first-order chi connectivity index (χ1) is 16.7. The molecule has 188 valence electrons. The summed E-state index contributed by atoms with van der Waals surface area (Å²) in [6, 6.07) is -0.920. The van der Waals surface area contributed by atoms with Gasteiger partial charge in [0.05, 0.1) is 0 Å². The van der Waals surface area contributed by atoms with Gasteiger partial charge in [0.15, 0.2) is 10.8 Å². The summed E-state index contributed by atoms with van der Waals surface area (Å²) in [4.78, 5) is 60.2. The number of amides is 2. The first-order valence-electron chi connectivity index (χ1n) is 10.5. The summed E-state index contributed by atoms with van der Waals surface area (Å²) in [6.07, 6.45) is 3.20. The van der Waals surface area contributed by atoms with E-state index in [-0.39, 0.29) is 22.2 Å². The Labute approximate surface area is 209 Å². The van der Waals surface area contributed by atoms with Crippen LogP contribution < -0.4 is 11.1 Å². The summed E-state index contributed by atoms with van der Waals surface area (Å²) in [5.41, 5.74) is 6.36. The van der Waals surface area contributed by atoms with Crippen molar-refractivity contribution < 1.29 is 33.5 Å². The summed E-state index contributed by atoms with van der Waals surface area (Å²) in [5.74, 6) is -2.20. The molecular formula is C21H25N5O7S2. The van der Waals surface area contributed by atoms with E-state index in [1.54, 1.807) is 11.5 Å². The molecule has 0 aromatic carbocycles. The van der Waals surface area contributed by atoms with Gasteiger partial charge in [-0.3, -0.25) is 19.3 Å². The number of hydrogen-bond acceptors (Lipinski definition) is 12. The Balaban J connectivity index is 1.81. The van der Waals surface area contributed by atoms with Crippen LogP contribution in [0, 0.1) is 0 Å². The number of fused-ring (bicyclic) bond motifs is 1. The van der Waals surface area contributed by atoms with Gasteiger partial charge in [-0.05, 0) is 12.0 Å². The lowest BCUT2D eigenvalue weighted by atomic mass is 10.0. The number of hydrogen-bond donors (Lipinski definition) is 2. The molecule has 35 heavy (non-hydrogen) atoms. The van der Waals surface area contributed by atoms with Crippen LogP contribution in [0.4, 0.5) is 5.13 Å². The molecule has 0 aliphatic carbocycles. The number of nitrogens with zero attached hydrogens (tertiary/aromatic N) is 3. The fraction of sp³-hybridized carbons (Fsp3) is 0.429. The summed E-state index contributed by atoms with van der Waals surface area (Å²) in [6.45, 7) is 4.53. The van der Waals surface area contributed by atoms with Crippen molar-refractivity contribution in [2.45, 2.75) is 44.9 Å². The van der Waals surface area contributed by atoms with Gasteiger partial charge < -0.3 is 25.4 Å². The van der Waals surface area contributed by atoms with E-state index >= 15 is 0 Å². The molecule has 1 saturated heterocycles. The molecule has 2 amide bonds. The summed E-state index contributed by atoms with van der Waals surface area (Å²) in [7, 11) is 1.28. The molecule has 0 radical (unpaired) electrons. The Morgan fingerprint density at radius 3 is 2.74 bits per heavy atom. The number of rotatable bonds is 9. The van der Waals surface area contributed by atoms with Gasteiger partial charge in [0.25, 0.3) is 11.8 Å². The van der Waals surface area contributed by atoms with E-state index in [4.69, 9.17) is 20.0 Å². The highest BCUT2D eigenvalue weighted by Gasteiger charge is 2.54. The van der Waals surface area contributed by atoms with Crippen LogP contribution >= 0.6 is 23.1 Å². The topological polar surface area (TPSA) is 163 Å². The lowest BCUT2D eigenvalue weighted by molar-refractivity contribution is -0.182. The number of ether oxygens (including phenoxy) is 2. The van der Waals surface area contributed by atoms with Crippen molar-refractivity contribution in [2.24, 2.45) is 5.16 Å². The normalized spacial score (nSPS) is 20.7. The van der Waals surface area contributed by atoms with Crippen LogP contribution in [-0.2, 0) is 33.5 Å². The first kappa shape index (κ1) is 26.2. The fourth-order valence-electron chi connectivity index (χ4n) is 3.39. The Bertz CT molecular complexity index is 1110. The maximum Gasteiger partial charge on any atom is 0.358 e. The van der Waals surface area contributed by atoms with Crippen molar-refractivity contribution in [3.63, 3.8) is 0 Å². The minimum Gasteiger partial charge on any atom is -0.426 e. The van der Waals surface area contributed by atoms with E-state index in [9.17, 15) is 19.2 Å². The molecule has 0 spiro atoms. The molecule has 3 heterocycles. The Kier molecular flexibility index (Phi) is 8.51. The second-order valence-corrected chi connectivity index (χ2v) is 9.32. The van der Waals surface area contributed by atoms with E-state index < -0.39 is 41.5 Å². The number of carbonyl (C=O) groups is 4. The number of thioether (sulfide) groups is 1. The van der Waals surface area contributed by atoms with Crippen LogP contribution in [0.5, 0.6) is 0 Å². The largest absolute Gasteiger partial charge is 0.426 e. The van der Waals surface area contributed by atoms with Gasteiger partial charge >= 0.3 is 11.9 Å². The predicted molar refractivity (Wildman–Crippen MR) is 129 cm³/mol. The van der Waals surface area contributed by atoms with Gasteiger partial charge in [0, 0.05) is 25.0 Å². The number of anilines is 1. The highest BCUT2D eigenvalue weighted by molar-refractivity contribution is 8.00. The maximum atomic E-state index is 13.1. The minimum atomic E-state index is -1.14. The molecule has 3 N–H and O–H groups in total. The summed E-state index contributed by atoms with van der Waals surface area (Å²) in [5, 5.41) is 7.60. The SMILES string of the molecule is CC/C=C/C1=C(C(=O)OC(C)OC(C)=O)N2C(=O)C(NC(=O)/C(=N\OC)c3csc(N)n3)[C@@H]2SC1. The smallest absolute Gasteiger partial charge is 0.358 e. The maximum absolute atomic E-state index is 13.1. The van der Waals surface area contributed by atoms with Crippen molar-refractivity contribution in [1.29, 1.82) is 0 Å². The third-order valence-electron chi connectivity index (χ3n) is 4.80. The zero-order chi connectivity index (χ0) is 25.7. The molecule has 1 aromatic rings. The number of carbonyl (C=O) groups excluding carboxylic acids is 4. The van der Waals surface area contributed by atoms with Crippen LogP contribution in [0.2, 0.25) is 0 Å². The number of thiazole rings is 1. The van der Waals surface area contributed by atoms with Crippen LogP contribution in [0.3, 0.4) is 0 Å². The predicted octanol–water partition coefficient (Wildman–Crippen LogP) is 1.15. The second-order valence-electron chi connectivity index (χ2n) is 7.32. The Hall–Kier alpha value is -3.39. The Morgan fingerprint density at radius 1 is 1.40 bits per heavy atom. The molecule has 2 unspecified atom stereocenters. The quantitative estimate of drug-likeness (QED) is 0.158. The molecular weight excluding hydrogens is 498 g/mol. The van der Waals surface area contributed by atoms with Crippen LogP contribution in [-0.4, -0.2) is 69.9 Å². The highest BCUT2D eigenvalue weighted by atomic mass is 32.2. The van der Waals surface area contributed by atoms with Crippen LogP contribution in [0.15, 0.2) is 34.0 Å². The molecule has 3 atom stereocenters. The molecule has 2 aliphatic rings. The van der Waals surface area contributed by atoms with Crippen molar-refractivity contribution in [1.82, 2.24) is 15.2 Å². The van der Waals surface area contributed by atoms with Gasteiger partial charge in [-0.1, -0.05) is 24.2 Å². The summed E-state index contributed by atoms with van der Waals surface area (Å²) < 4.78 is 10.1. The van der Waals surface area contributed by atoms with Gasteiger partial charge in [0.1, 0.15) is 29.9 Å². The third-order valence-corrected chi connectivity index (χ3v) is 6.78. The van der Waals surface area contributed by atoms with Gasteiger partial charge in [-0.15, -0.1) is 23.1 Å². The molecule has 0 saturated carbocycles. The molecule has 14 heteroatoms. The molecule has 1 aromatic heterocycles. The number of nitrogens with one attached hydrogen (secondary N) is 1. The average Bonchev–Trinajstić information content (AvgIpc) is 3.23. The number of esters is 2. The number of β-lactam (4-membered cyclic amide) rings is 1. The highest BCUT2D eigenvalue weighted by Crippen LogP contribution is 2.41. The van der Waals surface area contributed by atoms with Gasteiger partial charge in [0.2, 0.25) is 6.29 Å². The monoisotopic (exact) mass is 523 g/mol. The summed E-state index contributed by atoms with van der Waals surface area (Å²) >= 11 is 2.51. The first-order valence-corrected chi connectivity index (χ1v) is 12.5. The van der Waals surface area contributed by atoms with Crippen molar-refractivity contribution in [3.8, 4) is 0 Å². The van der Waals surface area contributed by atoms with Crippen LogP contribution in [0.25, 0.3) is 0 Å². The molecule has 12 nitrogen and oxygen atoms in total. The molecule has 0 bridgehead atoms. The average molecular weight is 524 g/mol. The number of aromatic nitrogens is 1. The number of oxime groups is 1. The fourth-order valence-corrected chi connectivity index (χ4v) is 5.25. The molecule has 1 fully saturated rings.